The molecule has 0 aromatic carbocycles. The van der Waals surface area contributed by atoms with E-state index in [0.717, 1.165) is 50.7 Å². The van der Waals surface area contributed by atoms with Crippen molar-refractivity contribution in [2.45, 2.75) is 45.9 Å². The lowest BCUT2D eigenvalue weighted by Crippen LogP contribution is -2.37. The first kappa shape index (κ1) is 14.3. The molecule has 6 nitrogen and oxygen atoms in total. The van der Waals surface area contributed by atoms with Crippen molar-refractivity contribution >= 4 is 0 Å². The van der Waals surface area contributed by atoms with Gasteiger partial charge in [-0.05, 0) is 20.3 Å². The summed E-state index contributed by atoms with van der Waals surface area (Å²) in [5.41, 5.74) is 2.22. The van der Waals surface area contributed by atoms with Gasteiger partial charge in [-0.3, -0.25) is 4.90 Å². The summed E-state index contributed by atoms with van der Waals surface area (Å²) in [6.07, 6.45) is 4.92. The maximum atomic E-state index is 5.67. The van der Waals surface area contributed by atoms with E-state index in [2.05, 4.69) is 19.6 Å². The quantitative estimate of drug-likeness (QED) is 0.843. The van der Waals surface area contributed by atoms with E-state index in [9.17, 15) is 0 Å². The van der Waals surface area contributed by atoms with E-state index in [1.807, 2.05) is 32.4 Å². The molecule has 114 valence electrons. The molecular formula is C15H22N4O2. The summed E-state index contributed by atoms with van der Waals surface area (Å²) >= 11 is 0. The van der Waals surface area contributed by atoms with Crippen LogP contribution in [0.5, 0.6) is 0 Å². The van der Waals surface area contributed by atoms with Crippen molar-refractivity contribution in [2.75, 3.05) is 13.2 Å². The average Bonchev–Trinajstić information content (AvgIpc) is 3.04. The minimum absolute atomic E-state index is 0.391. The minimum atomic E-state index is 0.391. The lowest BCUT2D eigenvalue weighted by Gasteiger charge is -2.28. The number of aryl methyl sites for hydroxylation is 2. The Morgan fingerprint density at radius 1 is 1.48 bits per heavy atom. The first-order valence-electron chi connectivity index (χ1n) is 7.49. The highest BCUT2D eigenvalue weighted by atomic mass is 16.5. The van der Waals surface area contributed by atoms with E-state index in [4.69, 9.17) is 9.26 Å². The second-order valence-electron chi connectivity index (χ2n) is 5.51. The molecule has 0 radical (unpaired) electrons. The van der Waals surface area contributed by atoms with E-state index in [1.165, 1.54) is 5.69 Å². The van der Waals surface area contributed by atoms with Gasteiger partial charge in [0, 0.05) is 44.5 Å². The zero-order valence-corrected chi connectivity index (χ0v) is 12.7. The van der Waals surface area contributed by atoms with Crippen molar-refractivity contribution in [1.29, 1.82) is 0 Å². The summed E-state index contributed by atoms with van der Waals surface area (Å²) < 4.78 is 13.1. The van der Waals surface area contributed by atoms with Crippen LogP contribution < -0.4 is 0 Å². The van der Waals surface area contributed by atoms with Gasteiger partial charge in [-0.2, -0.15) is 0 Å². The van der Waals surface area contributed by atoms with Gasteiger partial charge in [0.1, 0.15) is 5.76 Å². The molecule has 0 bridgehead atoms. The van der Waals surface area contributed by atoms with E-state index in [0.29, 0.717) is 6.04 Å². The third kappa shape index (κ3) is 3.33. The second kappa shape index (κ2) is 6.41. The first-order chi connectivity index (χ1) is 10.3. The normalized spacial score (nSPS) is 19.4. The van der Waals surface area contributed by atoms with Gasteiger partial charge in [-0.25, -0.2) is 4.98 Å². The molecule has 1 aliphatic heterocycles. The fourth-order valence-corrected chi connectivity index (χ4v) is 2.82. The fourth-order valence-electron chi connectivity index (χ4n) is 2.82. The molecule has 3 rings (SSSR count). The molecule has 0 saturated carbocycles. The lowest BCUT2D eigenvalue weighted by atomic mass is 10.1. The Kier molecular flexibility index (Phi) is 4.36. The summed E-state index contributed by atoms with van der Waals surface area (Å²) in [5, 5.41) is 4.12. The molecule has 1 atom stereocenters. The third-order valence-corrected chi connectivity index (χ3v) is 3.94. The van der Waals surface area contributed by atoms with Crippen LogP contribution in [-0.4, -0.2) is 38.9 Å². The monoisotopic (exact) mass is 290 g/mol. The summed E-state index contributed by atoms with van der Waals surface area (Å²) in [7, 11) is 0. The van der Waals surface area contributed by atoms with Crippen molar-refractivity contribution < 1.29 is 9.26 Å². The summed E-state index contributed by atoms with van der Waals surface area (Å²) in [6, 6.07) is 2.39. The van der Waals surface area contributed by atoms with Gasteiger partial charge in [0.15, 0.2) is 0 Å². The van der Waals surface area contributed by atoms with Crippen molar-refractivity contribution in [3.63, 3.8) is 0 Å². The Balaban J connectivity index is 1.76. The molecule has 0 amide bonds. The number of rotatable bonds is 5. The molecule has 6 heteroatoms. The van der Waals surface area contributed by atoms with Gasteiger partial charge >= 0.3 is 0 Å². The van der Waals surface area contributed by atoms with E-state index in [1.54, 1.807) is 0 Å². The smallest absolute Gasteiger partial charge is 0.133 e. The van der Waals surface area contributed by atoms with Gasteiger partial charge in [0.25, 0.3) is 0 Å². The van der Waals surface area contributed by atoms with Gasteiger partial charge in [0.05, 0.1) is 24.3 Å². The Hall–Kier alpha value is -1.66. The zero-order chi connectivity index (χ0) is 14.7. The van der Waals surface area contributed by atoms with Crippen molar-refractivity contribution in [3.8, 4) is 0 Å². The predicted molar refractivity (Wildman–Crippen MR) is 77.6 cm³/mol. The number of imidazole rings is 1. The maximum Gasteiger partial charge on any atom is 0.133 e. The average molecular weight is 290 g/mol. The van der Waals surface area contributed by atoms with E-state index in [-0.39, 0.29) is 0 Å². The molecule has 0 saturated heterocycles. The molecule has 0 fully saturated rings. The number of nitrogens with zero attached hydrogens (tertiary/aromatic N) is 4. The number of aromatic nitrogens is 3. The third-order valence-electron chi connectivity index (χ3n) is 3.94. The SMILES string of the molecule is CCOC[C@@H]1CCn2cncc2CN1Cc1cc(C)on1. The zero-order valence-electron chi connectivity index (χ0n) is 12.7. The molecule has 1 aliphatic rings. The summed E-state index contributed by atoms with van der Waals surface area (Å²) in [6.45, 7) is 8.10. The van der Waals surface area contributed by atoms with Gasteiger partial charge in [-0.15, -0.1) is 0 Å². The number of hydrogen-bond donors (Lipinski definition) is 0. The maximum absolute atomic E-state index is 5.67. The highest BCUT2D eigenvalue weighted by molar-refractivity contribution is 5.06. The number of ether oxygens (including phenoxy) is 1. The molecule has 0 N–H and O–H groups in total. The molecule has 21 heavy (non-hydrogen) atoms. The van der Waals surface area contributed by atoms with Crippen LogP contribution in [-0.2, 0) is 24.4 Å². The van der Waals surface area contributed by atoms with E-state index < -0.39 is 0 Å². The van der Waals surface area contributed by atoms with Crippen molar-refractivity contribution in [2.24, 2.45) is 0 Å². The Labute approximate surface area is 124 Å². The molecule has 3 heterocycles. The minimum Gasteiger partial charge on any atom is -0.380 e. The first-order valence-corrected chi connectivity index (χ1v) is 7.49. The fraction of sp³-hybridized carbons (Fsp3) is 0.600. The molecule has 0 unspecified atom stereocenters. The Bertz CT molecular complexity index is 578. The molecule has 2 aromatic rings. The standard InChI is InChI=1S/C15H22N4O2/c1-3-20-10-14-4-5-18-11-16-7-15(18)9-19(14)8-13-6-12(2)21-17-13/h6-7,11,14H,3-5,8-10H2,1-2H3/t14-/m0/s1. The Morgan fingerprint density at radius 3 is 3.14 bits per heavy atom. The molecule has 0 spiro atoms. The lowest BCUT2D eigenvalue weighted by molar-refractivity contribution is 0.0548. The predicted octanol–water partition coefficient (Wildman–Crippen LogP) is 1.99. The van der Waals surface area contributed by atoms with Crippen LogP contribution in [0.4, 0.5) is 0 Å². The van der Waals surface area contributed by atoms with Gasteiger partial charge in [-0.1, -0.05) is 5.16 Å². The van der Waals surface area contributed by atoms with Gasteiger partial charge < -0.3 is 13.8 Å². The van der Waals surface area contributed by atoms with Crippen LogP contribution in [0.2, 0.25) is 0 Å². The highest BCUT2D eigenvalue weighted by Crippen LogP contribution is 2.20. The van der Waals surface area contributed by atoms with Crippen LogP contribution in [0, 0.1) is 6.92 Å². The van der Waals surface area contributed by atoms with E-state index >= 15 is 0 Å². The summed E-state index contributed by atoms with van der Waals surface area (Å²) in [4.78, 5) is 6.66. The largest absolute Gasteiger partial charge is 0.380 e. The molecule has 2 aromatic heterocycles. The van der Waals surface area contributed by atoms with Crippen LogP contribution in [0.15, 0.2) is 23.1 Å². The van der Waals surface area contributed by atoms with Gasteiger partial charge in [0.2, 0.25) is 0 Å². The van der Waals surface area contributed by atoms with Crippen LogP contribution in [0.3, 0.4) is 0 Å². The van der Waals surface area contributed by atoms with Crippen LogP contribution in [0.25, 0.3) is 0 Å². The molecular weight excluding hydrogens is 268 g/mol. The summed E-state index contributed by atoms with van der Waals surface area (Å²) in [5.74, 6) is 0.853. The topological polar surface area (TPSA) is 56.3 Å². The number of fused-ring (bicyclic) bond motifs is 1. The Morgan fingerprint density at radius 2 is 2.38 bits per heavy atom. The highest BCUT2D eigenvalue weighted by Gasteiger charge is 2.25. The van der Waals surface area contributed by atoms with Crippen LogP contribution >= 0.6 is 0 Å². The van der Waals surface area contributed by atoms with Crippen molar-refractivity contribution in [1.82, 2.24) is 19.6 Å². The molecule has 0 aliphatic carbocycles. The van der Waals surface area contributed by atoms with Crippen molar-refractivity contribution in [3.05, 3.63) is 35.7 Å². The van der Waals surface area contributed by atoms with Crippen LogP contribution in [0.1, 0.15) is 30.5 Å². The number of hydrogen-bond acceptors (Lipinski definition) is 5. The second-order valence-corrected chi connectivity index (χ2v) is 5.51.